The fourth-order valence-corrected chi connectivity index (χ4v) is 1.93. The third kappa shape index (κ3) is 2.55. The molecule has 0 radical (unpaired) electrons. The standard InChI is InChI=1S/C12H14FNO5/c1-17-11-6(7(14)5-9(15)16)4-8-12(10(11)13)19-3-2-18-8/h4,7H,2-3,5,14H2,1H3,(H,15,16). The molecule has 0 aliphatic carbocycles. The van der Waals surface area contributed by atoms with Crippen molar-refractivity contribution in [3.63, 3.8) is 0 Å². The minimum absolute atomic E-state index is 0.0330. The van der Waals surface area contributed by atoms with Crippen molar-refractivity contribution in [3.05, 3.63) is 17.4 Å². The molecule has 0 bridgehead atoms. The van der Waals surface area contributed by atoms with Gasteiger partial charge in [-0.15, -0.1) is 0 Å². The summed E-state index contributed by atoms with van der Waals surface area (Å²) in [5, 5.41) is 8.75. The normalized spacial score (nSPS) is 14.9. The van der Waals surface area contributed by atoms with Crippen LogP contribution in [0, 0.1) is 5.82 Å². The number of carboxylic acids is 1. The third-order valence-electron chi connectivity index (χ3n) is 2.76. The molecule has 0 fully saturated rings. The summed E-state index contributed by atoms with van der Waals surface area (Å²) in [6.07, 6.45) is -0.338. The number of fused-ring (bicyclic) bond motifs is 1. The van der Waals surface area contributed by atoms with Gasteiger partial charge >= 0.3 is 5.97 Å². The highest BCUT2D eigenvalue weighted by molar-refractivity contribution is 5.68. The molecule has 104 valence electrons. The molecule has 1 aromatic carbocycles. The van der Waals surface area contributed by atoms with Crippen molar-refractivity contribution in [2.24, 2.45) is 5.73 Å². The van der Waals surface area contributed by atoms with Crippen molar-refractivity contribution in [1.29, 1.82) is 0 Å². The fourth-order valence-electron chi connectivity index (χ4n) is 1.93. The number of rotatable bonds is 4. The Hall–Kier alpha value is -2.02. The van der Waals surface area contributed by atoms with E-state index in [1.807, 2.05) is 0 Å². The van der Waals surface area contributed by atoms with E-state index in [1.54, 1.807) is 0 Å². The Morgan fingerprint density at radius 3 is 2.89 bits per heavy atom. The Bertz CT molecular complexity index is 505. The maximum atomic E-state index is 14.2. The Morgan fingerprint density at radius 2 is 2.26 bits per heavy atom. The van der Waals surface area contributed by atoms with Crippen LogP contribution in [0.1, 0.15) is 18.0 Å². The number of hydrogen-bond donors (Lipinski definition) is 2. The zero-order valence-corrected chi connectivity index (χ0v) is 10.3. The van der Waals surface area contributed by atoms with Crippen LogP contribution in [-0.2, 0) is 4.79 Å². The molecule has 0 amide bonds. The molecule has 7 heteroatoms. The van der Waals surface area contributed by atoms with Crippen LogP contribution in [0.25, 0.3) is 0 Å². The Balaban J connectivity index is 2.47. The summed E-state index contributed by atoms with van der Waals surface area (Å²) in [5.41, 5.74) is 5.99. The van der Waals surface area contributed by atoms with E-state index < -0.39 is 17.8 Å². The molecule has 6 nitrogen and oxygen atoms in total. The largest absolute Gasteiger partial charge is 0.493 e. The van der Waals surface area contributed by atoms with Gasteiger partial charge in [-0.25, -0.2) is 0 Å². The van der Waals surface area contributed by atoms with Crippen LogP contribution in [0.2, 0.25) is 0 Å². The lowest BCUT2D eigenvalue weighted by molar-refractivity contribution is -0.137. The van der Waals surface area contributed by atoms with E-state index in [0.29, 0.717) is 6.61 Å². The third-order valence-corrected chi connectivity index (χ3v) is 2.76. The molecule has 1 heterocycles. The predicted octanol–water partition coefficient (Wildman–Crippen LogP) is 1.08. The molecule has 2 rings (SSSR count). The van der Waals surface area contributed by atoms with Crippen molar-refractivity contribution < 1.29 is 28.5 Å². The van der Waals surface area contributed by atoms with Crippen LogP contribution in [0.3, 0.4) is 0 Å². The molecule has 3 N–H and O–H groups in total. The number of hydrogen-bond acceptors (Lipinski definition) is 5. The quantitative estimate of drug-likeness (QED) is 0.851. The van der Waals surface area contributed by atoms with E-state index in [9.17, 15) is 9.18 Å². The van der Waals surface area contributed by atoms with Crippen molar-refractivity contribution in [2.45, 2.75) is 12.5 Å². The molecule has 0 spiro atoms. The number of methoxy groups -OCH3 is 1. The summed E-state index contributed by atoms with van der Waals surface area (Å²) in [7, 11) is 1.28. The number of halogens is 1. The number of benzene rings is 1. The number of ether oxygens (including phenoxy) is 3. The number of aliphatic carboxylic acids is 1. The first-order chi connectivity index (χ1) is 9.04. The summed E-state index contributed by atoms with van der Waals surface area (Å²) in [5.74, 6) is -1.74. The molecule has 1 atom stereocenters. The van der Waals surface area contributed by atoms with Gasteiger partial charge in [-0.05, 0) is 6.07 Å². The Morgan fingerprint density at radius 1 is 1.58 bits per heavy atom. The van der Waals surface area contributed by atoms with Gasteiger partial charge in [-0.1, -0.05) is 0 Å². The summed E-state index contributed by atoms with van der Waals surface area (Å²) in [4.78, 5) is 10.7. The number of carbonyl (C=O) groups is 1. The second-order valence-electron chi connectivity index (χ2n) is 4.04. The van der Waals surface area contributed by atoms with E-state index in [-0.39, 0.29) is 35.8 Å². The molecule has 0 saturated heterocycles. The summed E-state index contributed by atoms with van der Waals surface area (Å²) >= 11 is 0. The zero-order chi connectivity index (χ0) is 14.0. The van der Waals surface area contributed by atoms with Crippen molar-refractivity contribution >= 4 is 5.97 Å². The SMILES string of the molecule is COc1c(C(N)CC(=O)O)cc2c(c1F)OCCO2. The van der Waals surface area contributed by atoms with Crippen molar-refractivity contribution in [1.82, 2.24) is 0 Å². The van der Waals surface area contributed by atoms with Gasteiger partial charge in [0.25, 0.3) is 0 Å². The number of nitrogens with two attached hydrogens (primary N) is 1. The van der Waals surface area contributed by atoms with Crippen LogP contribution < -0.4 is 19.9 Å². The lowest BCUT2D eigenvalue weighted by atomic mass is 10.0. The number of carboxylic acid groups (broad SMARTS) is 1. The van der Waals surface area contributed by atoms with Gasteiger partial charge in [0.1, 0.15) is 13.2 Å². The average Bonchev–Trinajstić information content (AvgIpc) is 2.38. The van der Waals surface area contributed by atoms with E-state index >= 15 is 0 Å². The fraction of sp³-hybridized carbons (Fsp3) is 0.417. The van der Waals surface area contributed by atoms with Gasteiger partial charge in [-0.2, -0.15) is 4.39 Å². The maximum absolute atomic E-state index is 14.2. The Labute approximate surface area is 108 Å². The van der Waals surface area contributed by atoms with Gasteiger partial charge < -0.3 is 25.1 Å². The van der Waals surface area contributed by atoms with Crippen molar-refractivity contribution in [3.8, 4) is 17.2 Å². The summed E-state index contributed by atoms with van der Waals surface area (Å²) in [6.45, 7) is 0.542. The minimum atomic E-state index is -1.08. The molecular formula is C12H14FNO5. The summed E-state index contributed by atoms with van der Waals surface area (Å²) in [6, 6.07) is 0.571. The average molecular weight is 271 g/mol. The van der Waals surface area contributed by atoms with Gasteiger partial charge in [0.15, 0.2) is 11.5 Å². The first kappa shape index (κ1) is 13.4. The smallest absolute Gasteiger partial charge is 0.305 e. The topological polar surface area (TPSA) is 91.0 Å². The molecule has 19 heavy (non-hydrogen) atoms. The van der Waals surface area contributed by atoms with E-state index in [0.717, 1.165) is 0 Å². The van der Waals surface area contributed by atoms with E-state index in [1.165, 1.54) is 13.2 Å². The predicted molar refractivity (Wildman–Crippen MR) is 63.1 cm³/mol. The van der Waals surface area contributed by atoms with Crippen LogP contribution in [-0.4, -0.2) is 31.4 Å². The molecule has 1 unspecified atom stereocenters. The monoisotopic (exact) mass is 271 g/mol. The van der Waals surface area contributed by atoms with E-state index in [2.05, 4.69) is 0 Å². The zero-order valence-electron chi connectivity index (χ0n) is 10.3. The second kappa shape index (κ2) is 5.31. The molecule has 1 aliphatic heterocycles. The van der Waals surface area contributed by atoms with Crippen LogP contribution in [0.5, 0.6) is 17.2 Å². The highest BCUT2D eigenvalue weighted by Crippen LogP contribution is 2.42. The molecule has 1 aromatic rings. The minimum Gasteiger partial charge on any atom is -0.493 e. The van der Waals surface area contributed by atoms with Crippen LogP contribution in [0.4, 0.5) is 4.39 Å². The first-order valence-electron chi connectivity index (χ1n) is 5.68. The summed E-state index contributed by atoms with van der Waals surface area (Å²) < 4.78 is 29.6. The lowest BCUT2D eigenvalue weighted by Gasteiger charge is -2.23. The van der Waals surface area contributed by atoms with Crippen LogP contribution >= 0.6 is 0 Å². The molecule has 0 saturated carbocycles. The van der Waals surface area contributed by atoms with Gasteiger partial charge in [0, 0.05) is 11.6 Å². The van der Waals surface area contributed by atoms with Crippen LogP contribution in [0.15, 0.2) is 6.07 Å². The van der Waals surface area contributed by atoms with E-state index in [4.69, 9.17) is 25.1 Å². The van der Waals surface area contributed by atoms with Gasteiger partial charge in [0.2, 0.25) is 11.6 Å². The second-order valence-corrected chi connectivity index (χ2v) is 4.04. The van der Waals surface area contributed by atoms with Crippen molar-refractivity contribution in [2.75, 3.05) is 20.3 Å². The van der Waals surface area contributed by atoms with Gasteiger partial charge in [0.05, 0.1) is 13.5 Å². The maximum Gasteiger partial charge on any atom is 0.305 e. The lowest BCUT2D eigenvalue weighted by Crippen LogP contribution is -2.20. The van der Waals surface area contributed by atoms with Gasteiger partial charge in [-0.3, -0.25) is 4.79 Å². The highest BCUT2D eigenvalue weighted by Gasteiger charge is 2.27. The molecule has 0 aromatic heterocycles. The highest BCUT2D eigenvalue weighted by atomic mass is 19.1. The molecule has 1 aliphatic rings. The first-order valence-corrected chi connectivity index (χ1v) is 5.68. The Kier molecular flexibility index (Phi) is 3.75. The molecular weight excluding hydrogens is 257 g/mol.